The van der Waals surface area contributed by atoms with E-state index in [1.54, 1.807) is 0 Å². The van der Waals surface area contributed by atoms with Crippen LogP contribution in [0.25, 0.3) is 0 Å². The van der Waals surface area contributed by atoms with Crippen molar-refractivity contribution in [1.29, 1.82) is 5.26 Å². The summed E-state index contributed by atoms with van der Waals surface area (Å²) < 4.78 is 50.4. The maximum atomic E-state index is 12.5. The Hall–Kier alpha value is -0.690. The van der Waals surface area contributed by atoms with Gasteiger partial charge < -0.3 is 0 Å². The quantitative estimate of drug-likeness (QED) is 0.655. The molecule has 20 heavy (non-hydrogen) atoms. The van der Waals surface area contributed by atoms with Crippen molar-refractivity contribution in [2.75, 3.05) is 31.6 Å². The zero-order valence-electron chi connectivity index (χ0n) is 11.8. The Morgan fingerprint density at radius 1 is 1.35 bits per heavy atom. The molecule has 1 atom stereocenters. The van der Waals surface area contributed by atoms with E-state index in [1.165, 1.54) is 11.4 Å². The highest BCUT2D eigenvalue weighted by atomic mass is 32.2. The minimum Gasteiger partial charge on any atom is -0.229 e. The van der Waals surface area contributed by atoms with E-state index in [0.717, 1.165) is 4.31 Å². The fourth-order valence-electron chi connectivity index (χ4n) is 2.21. The van der Waals surface area contributed by atoms with Gasteiger partial charge >= 0.3 is 0 Å². The molecule has 1 aliphatic heterocycles. The normalized spacial score (nSPS) is 22.2. The number of sulfone groups is 1. The second kappa shape index (κ2) is 6.85. The number of nitrogens with zero attached hydrogens (tertiary/aromatic N) is 3. The summed E-state index contributed by atoms with van der Waals surface area (Å²) in [4.78, 5) is 0. The minimum atomic E-state index is -3.72. The monoisotopic (exact) mass is 323 g/mol. The van der Waals surface area contributed by atoms with Gasteiger partial charge in [-0.2, -0.15) is 22.3 Å². The molecular weight excluding hydrogens is 302 g/mol. The van der Waals surface area contributed by atoms with E-state index in [0.29, 0.717) is 19.4 Å². The Labute approximate surface area is 121 Å². The molecule has 1 aliphatic rings. The van der Waals surface area contributed by atoms with Crippen LogP contribution in [0.15, 0.2) is 0 Å². The summed E-state index contributed by atoms with van der Waals surface area (Å²) in [7, 11) is -5.44. The standard InChI is InChI=1S/C11H21N3O4S2/c1-3-7-14(11-5-9-19(15,16)10-11)20(17,18)13(2)8-4-6-12/h11H,3-5,7-10H2,1-2H3. The molecule has 0 aromatic rings. The summed E-state index contributed by atoms with van der Waals surface area (Å²) in [5.74, 6) is -0.0758. The van der Waals surface area contributed by atoms with Crippen LogP contribution in [-0.2, 0) is 20.0 Å². The molecule has 1 fully saturated rings. The first-order valence-corrected chi connectivity index (χ1v) is 9.77. The maximum Gasteiger partial charge on any atom is 0.282 e. The van der Waals surface area contributed by atoms with Crippen LogP contribution >= 0.6 is 0 Å². The van der Waals surface area contributed by atoms with Crippen LogP contribution in [-0.4, -0.2) is 63.1 Å². The smallest absolute Gasteiger partial charge is 0.229 e. The molecule has 0 aromatic carbocycles. The fourth-order valence-corrected chi connectivity index (χ4v) is 5.69. The molecule has 7 nitrogen and oxygen atoms in total. The molecule has 0 amide bonds. The van der Waals surface area contributed by atoms with E-state index in [9.17, 15) is 16.8 Å². The van der Waals surface area contributed by atoms with Crippen LogP contribution in [0.3, 0.4) is 0 Å². The second-order valence-corrected chi connectivity index (χ2v) is 9.12. The zero-order chi connectivity index (χ0) is 15.4. The summed E-state index contributed by atoms with van der Waals surface area (Å²) in [5.41, 5.74) is 0. The van der Waals surface area contributed by atoms with Gasteiger partial charge in [0.2, 0.25) is 0 Å². The Balaban J connectivity index is 2.93. The van der Waals surface area contributed by atoms with Crippen LogP contribution in [0, 0.1) is 11.3 Å². The van der Waals surface area contributed by atoms with Crippen molar-refractivity contribution in [3.63, 3.8) is 0 Å². The van der Waals surface area contributed by atoms with Gasteiger partial charge in [-0.1, -0.05) is 6.92 Å². The molecule has 0 aliphatic carbocycles. The molecule has 0 saturated carbocycles. The summed E-state index contributed by atoms with van der Waals surface area (Å²) in [6, 6.07) is 1.41. The van der Waals surface area contributed by atoms with Crippen molar-refractivity contribution >= 4 is 20.0 Å². The van der Waals surface area contributed by atoms with E-state index in [-0.39, 0.29) is 24.5 Å². The molecule has 1 rings (SSSR count). The average molecular weight is 323 g/mol. The lowest BCUT2D eigenvalue weighted by molar-refractivity contribution is 0.309. The van der Waals surface area contributed by atoms with Gasteiger partial charge in [-0.3, -0.25) is 0 Å². The highest BCUT2D eigenvalue weighted by Crippen LogP contribution is 2.22. The molecule has 0 spiro atoms. The summed E-state index contributed by atoms with van der Waals surface area (Å²) in [6.07, 6.45) is 1.06. The van der Waals surface area contributed by atoms with Crippen molar-refractivity contribution < 1.29 is 16.8 Å². The molecule has 0 bridgehead atoms. The Kier molecular flexibility index (Phi) is 5.94. The molecule has 1 heterocycles. The van der Waals surface area contributed by atoms with E-state index >= 15 is 0 Å². The van der Waals surface area contributed by atoms with E-state index in [1.807, 2.05) is 13.0 Å². The number of hydrogen-bond acceptors (Lipinski definition) is 5. The first-order chi connectivity index (χ1) is 9.24. The number of nitriles is 1. The molecule has 0 radical (unpaired) electrons. The van der Waals surface area contributed by atoms with Gasteiger partial charge in [-0.15, -0.1) is 0 Å². The highest BCUT2D eigenvalue weighted by molar-refractivity contribution is 7.91. The van der Waals surface area contributed by atoms with Crippen LogP contribution in [0.5, 0.6) is 0 Å². The second-order valence-electron chi connectivity index (χ2n) is 4.91. The average Bonchev–Trinajstić information content (AvgIpc) is 2.72. The highest BCUT2D eigenvalue weighted by Gasteiger charge is 2.39. The van der Waals surface area contributed by atoms with Crippen molar-refractivity contribution in [3.05, 3.63) is 0 Å². The van der Waals surface area contributed by atoms with E-state index < -0.39 is 26.1 Å². The molecule has 0 N–H and O–H groups in total. The zero-order valence-corrected chi connectivity index (χ0v) is 13.5. The van der Waals surface area contributed by atoms with Gasteiger partial charge in [0.25, 0.3) is 10.2 Å². The molecular formula is C11H21N3O4S2. The Morgan fingerprint density at radius 3 is 2.45 bits per heavy atom. The Bertz CT molecular complexity index is 565. The van der Waals surface area contributed by atoms with Crippen molar-refractivity contribution in [2.24, 2.45) is 0 Å². The predicted molar refractivity (Wildman–Crippen MR) is 75.8 cm³/mol. The number of rotatable bonds is 7. The maximum absolute atomic E-state index is 12.5. The van der Waals surface area contributed by atoms with Gasteiger partial charge in [0.1, 0.15) is 0 Å². The van der Waals surface area contributed by atoms with Gasteiger partial charge in [-0.25, -0.2) is 8.42 Å². The van der Waals surface area contributed by atoms with Gasteiger partial charge in [0, 0.05) is 32.6 Å². The predicted octanol–water partition coefficient (Wildman–Crippen LogP) is -0.0242. The summed E-state index contributed by atoms with van der Waals surface area (Å²) >= 11 is 0. The van der Waals surface area contributed by atoms with Crippen LogP contribution in [0.4, 0.5) is 0 Å². The third kappa shape index (κ3) is 4.15. The lowest BCUT2D eigenvalue weighted by Gasteiger charge is -2.30. The fraction of sp³-hybridized carbons (Fsp3) is 0.909. The third-order valence-electron chi connectivity index (χ3n) is 3.29. The van der Waals surface area contributed by atoms with Crippen LogP contribution < -0.4 is 0 Å². The summed E-state index contributed by atoms with van der Waals surface area (Å²) in [5, 5.41) is 8.54. The SMILES string of the molecule is CCCN(C1CCS(=O)(=O)C1)S(=O)(=O)N(C)CCC#N. The lowest BCUT2D eigenvalue weighted by atomic mass is 10.2. The van der Waals surface area contributed by atoms with Crippen molar-refractivity contribution in [1.82, 2.24) is 8.61 Å². The van der Waals surface area contributed by atoms with Gasteiger partial charge in [0.15, 0.2) is 9.84 Å². The molecule has 0 aromatic heterocycles. The lowest BCUT2D eigenvalue weighted by Crippen LogP contribution is -2.48. The van der Waals surface area contributed by atoms with Gasteiger partial charge in [0.05, 0.1) is 17.6 Å². The first-order valence-electron chi connectivity index (χ1n) is 6.55. The third-order valence-corrected chi connectivity index (χ3v) is 7.08. The molecule has 1 unspecified atom stereocenters. The van der Waals surface area contributed by atoms with E-state index in [4.69, 9.17) is 5.26 Å². The molecule has 9 heteroatoms. The number of hydrogen-bond donors (Lipinski definition) is 0. The largest absolute Gasteiger partial charge is 0.282 e. The van der Waals surface area contributed by atoms with Crippen LogP contribution in [0.2, 0.25) is 0 Å². The summed E-state index contributed by atoms with van der Waals surface area (Å²) in [6.45, 7) is 2.25. The van der Waals surface area contributed by atoms with Gasteiger partial charge in [-0.05, 0) is 12.8 Å². The Morgan fingerprint density at radius 2 is 2.00 bits per heavy atom. The molecule has 1 saturated heterocycles. The van der Waals surface area contributed by atoms with Crippen molar-refractivity contribution in [2.45, 2.75) is 32.2 Å². The minimum absolute atomic E-state index is 0.0370. The van der Waals surface area contributed by atoms with E-state index in [2.05, 4.69) is 0 Å². The topological polar surface area (TPSA) is 98.6 Å². The van der Waals surface area contributed by atoms with Crippen molar-refractivity contribution in [3.8, 4) is 6.07 Å². The molecule has 116 valence electrons. The van der Waals surface area contributed by atoms with Crippen LogP contribution in [0.1, 0.15) is 26.2 Å². The first kappa shape index (κ1) is 17.4.